The van der Waals surface area contributed by atoms with Crippen molar-refractivity contribution in [2.75, 3.05) is 18.4 Å². The van der Waals surface area contributed by atoms with Crippen LogP contribution in [-0.4, -0.2) is 29.2 Å². The molecular weight excluding hydrogens is 303 g/mol. The Morgan fingerprint density at radius 3 is 2.95 bits per heavy atom. The maximum atomic E-state index is 13.2. The third kappa shape index (κ3) is 3.86. The van der Waals surface area contributed by atoms with Gasteiger partial charge in [0.25, 0.3) is 0 Å². The van der Waals surface area contributed by atoms with Gasteiger partial charge >= 0.3 is 0 Å². The molecule has 0 aliphatic carbocycles. The molecule has 1 saturated heterocycles. The number of nitrogens with one attached hydrogen (secondary N) is 2. The second kappa shape index (κ2) is 6.93. The zero-order chi connectivity index (χ0) is 15.4. The summed E-state index contributed by atoms with van der Waals surface area (Å²) in [7, 11) is 0. The van der Waals surface area contributed by atoms with E-state index in [1.807, 2.05) is 6.07 Å². The average molecular weight is 320 g/mol. The number of nitrogens with zero attached hydrogens (tertiary/aromatic N) is 2. The van der Waals surface area contributed by atoms with E-state index in [9.17, 15) is 9.18 Å². The Balaban J connectivity index is 1.60. The van der Waals surface area contributed by atoms with Gasteiger partial charge in [-0.3, -0.25) is 4.79 Å². The summed E-state index contributed by atoms with van der Waals surface area (Å²) in [5, 5.41) is 15.4. The molecule has 116 valence electrons. The van der Waals surface area contributed by atoms with E-state index in [1.54, 1.807) is 6.07 Å². The molecule has 0 bridgehead atoms. The van der Waals surface area contributed by atoms with Crippen molar-refractivity contribution >= 4 is 22.4 Å². The van der Waals surface area contributed by atoms with Crippen LogP contribution in [-0.2, 0) is 11.2 Å². The maximum absolute atomic E-state index is 13.2. The first-order chi connectivity index (χ1) is 10.7. The average Bonchev–Trinajstić information content (AvgIpc) is 2.95. The van der Waals surface area contributed by atoms with Crippen LogP contribution >= 0.6 is 11.3 Å². The largest absolute Gasteiger partial charge is 0.317 e. The molecule has 2 N–H and O–H groups in total. The van der Waals surface area contributed by atoms with Crippen LogP contribution in [0, 0.1) is 11.7 Å². The number of carbonyl (C=O) groups excluding carboxylic acids is 1. The fraction of sp³-hybridized carbons (Fsp3) is 0.400. The maximum Gasteiger partial charge on any atom is 0.229 e. The van der Waals surface area contributed by atoms with Crippen LogP contribution in [0.3, 0.4) is 0 Å². The lowest BCUT2D eigenvalue weighted by atomic mass is 9.97. The Bertz CT molecular complexity index is 654. The predicted octanol–water partition coefficient (Wildman–Crippen LogP) is 2.21. The van der Waals surface area contributed by atoms with Crippen LogP contribution in [0.15, 0.2) is 24.3 Å². The van der Waals surface area contributed by atoms with Crippen molar-refractivity contribution in [2.45, 2.75) is 19.3 Å². The zero-order valence-corrected chi connectivity index (χ0v) is 12.8. The van der Waals surface area contributed by atoms with E-state index in [0.717, 1.165) is 36.5 Å². The van der Waals surface area contributed by atoms with Crippen LogP contribution in [0.5, 0.6) is 0 Å². The van der Waals surface area contributed by atoms with Crippen LogP contribution in [0.1, 0.15) is 23.4 Å². The van der Waals surface area contributed by atoms with Crippen LogP contribution < -0.4 is 10.6 Å². The third-order valence-electron chi connectivity index (χ3n) is 3.65. The molecule has 1 aromatic carbocycles. The number of hydrogen-bond acceptors (Lipinski definition) is 5. The molecule has 0 saturated carbocycles. The topological polar surface area (TPSA) is 66.9 Å². The zero-order valence-electron chi connectivity index (χ0n) is 12.0. The van der Waals surface area contributed by atoms with E-state index in [-0.39, 0.29) is 17.6 Å². The molecule has 0 atom stereocenters. The lowest BCUT2D eigenvalue weighted by Crippen LogP contribution is -2.34. The summed E-state index contributed by atoms with van der Waals surface area (Å²) >= 11 is 1.33. The number of piperidine rings is 1. The number of anilines is 1. The minimum atomic E-state index is -0.263. The van der Waals surface area contributed by atoms with Crippen LogP contribution in [0.2, 0.25) is 0 Å². The quantitative estimate of drug-likeness (QED) is 0.906. The van der Waals surface area contributed by atoms with Crippen molar-refractivity contribution in [3.05, 3.63) is 40.7 Å². The molecule has 0 radical (unpaired) electrons. The van der Waals surface area contributed by atoms with Gasteiger partial charge in [0.1, 0.15) is 10.8 Å². The first kappa shape index (κ1) is 15.1. The molecule has 2 aromatic rings. The van der Waals surface area contributed by atoms with Crippen molar-refractivity contribution in [2.24, 2.45) is 5.92 Å². The second-order valence-electron chi connectivity index (χ2n) is 5.32. The summed E-state index contributed by atoms with van der Waals surface area (Å²) in [6, 6.07) is 6.41. The lowest BCUT2D eigenvalue weighted by Gasteiger charge is -2.20. The van der Waals surface area contributed by atoms with Crippen molar-refractivity contribution in [3.8, 4) is 0 Å². The number of amides is 1. The third-order valence-corrected chi connectivity index (χ3v) is 4.49. The minimum absolute atomic E-state index is 0.00922. The SMILES string of the molecule is O=C(Nc1nnc(Cc2cccc(F)c2)s1)C1CCNCC1. The number of benzene rings is 1. The Hall–Kier alpha value is -1.86. The molecule has 22 heavy (non-hydrogen) atoms. The van der Waals surface area contributed by atoms with E-state index < -0.39 is 0 Å². The molecule has 7 heteroatoms. The number of rotatable bonds is 4. The number of hydrogen-bond donors (Lipinski definition) is 2. The Morgan fingerprint density at radius 1 is 1.36 bits per heavy atom. The first-order valence-electron chi connectivity index (χ1n) is 7.29. The summed E-state index contributed by atoms with van der Waals surface area (Å²) in [6.45, 7) is 1.75. The lowest BCUT2D eigenvalue weighted by molar-refractivity contribution is -0.120. The molecule has 1 aromatic heterocycles. The second-order valence-corrected chi connectivity index (χ2v) is 6.38. The number of carbonyl (C=O) groups is 1. The molecule has 0 spiro atoms. The van der Waals surface area contributed by atoms with E-state index >= 15 is 0 Å². The van der Waals surface area contributed by atoms with Gasteiger partial charge < -0.3 is 10.6 Å². The molecule has 1 fully saturated rings. The summed E-state index contributed by atoms with van der Waals surface area (Å²) in [4.78, 5) is 12.1. The minimum Gasteiger partial charge on any atom is -0.317 e. The molecule has 0 unspecified atom stereocenters. The highest BCUT2D eigenvalue weighted by atomic mass is 32.1. The standard InChI is InChI=1S/C15H17FN4OS/c16-12-3-1-2-10(8-12)9-13-19-20-15(22-13)18-14(21)11-4-6-17-7-5-11/h1-3,8,11,17H,4-7,9H2,(H,18,20,21). The van der Waals surface area contributed by atoms with Gasteiger partial charge in [0.05, 0.1) is 0 Å². The summed E-state index contributed by atoms with van der Waals surface area (Å²) in [5.74, 6) is -0.215. The highest BCUT2D eigenvalue weighted by molar-refractivity contribution is 7.15. The summed E-state index contributed by atoms with van der Waals surface area (Å²) in [6.07, 6.45) is 2.21. The highest BCUT2D eigenvalue weighted by Gasteiger charge is 2.21. The predicted molar refractivity (Wildman–Crippen MR) is 83.3 cm³/mol. The molecule has 3 rings (SSSR count). The van der Waals surface area contributed by atoms with Crippen molar-refractivity contribution in [1.29, 1.82) is 0 Å². The molecule has 2 heterocycles. The monoisotopic (exact) mass is 320 g/mol. The van der Waals surface area contributed by atoms with Gasteiger partial charge in [-0.15, -0.1) is 10.2 Å². The molecule has 5 nitrogen and oxygen atoms in total. The van der Waals surface area contributed by atoms with Gasteiger partial charge in [-0.05, 0) is 43.6 Å². The van der Waals surface area contributed by atoms with Gasteiger partial charge in [-0.25, -0.2) is 4.39 Å². The smallest absolute Gasteiger partial charge is 0.229 e. The van der Waals surface area contributed by atoms with E-state index in [1.165, 1.54) is 23.5 Å². The first-order valence-corrected chi connectivity index (χ1v) is 8.11. The fourth-order valence-corrected chi connectivity index (χ4v) is 3.27. The summed E-state index contributed by atoms with van der Waals surface area (Å²) < 4.78 is 13.2. The van der Waals surface area contributed by atoms with Gasteiger partial charge in [0, 0.05) is 12.3 Å². The van der Waals surface area contributed by atoms with Crippen molar-refractivity contribution < 1.29 is 9.18 Å². The normalized spacial score (nSPS) is 15.7. The van der Waals surface area contributed by atoms with Gasteiger partial charge in [-0.2, -0.15) is 0 Å². The summed E-state index contributed by atoms with van der Waals surface area (Å²) in [5.41, 5.74) is 0.840. The van der Waals surface area contributed by atoms with E-state index in [0.29, 0.717) is 11.6 Å². The number of halogens is 1. The van der Waals surface area contributed by atoms with Gasteiger partial charge in [-0.1, -0.05) is 23.5 Å². The Morgan fingerprint density at radius 2 is 2.18 bits per heavy atom. The Labute approximate surface area is 132 Å². The molecule has 1 amide bonds. The fourth-order valence-electron chi connectivity index (χ4n) is 2.49. The van der Waals surface area contributed by atoms with E-state index in [4.69, 9.17) is 0 Å². The molecule has 1 aliphatic rings. The van der Waals surface area contributed by atoms with Gasteiger partial charge in [0.2, 0.25) is 11.0 Å². The number of aromatic nitrogens is 2. The van der Waals surface area contributed by atoms with Gasteiger partial charge in [0.15, 0.2) is 0 Å². The molecule has 1 aliphatic heterocycles. The van der Waals surface area contributed by atoms with Crippen molar-refractivity contribution in [1.82, 2.24) is 15.5 Å². The highest BCUT2D eigenvalue weighted by Crippen LogP contribution is 2.21. The molecular formula is C15H17FN4OS. The van der Waals surface area contributed by atoms with Crippen LogP contribution in [0.4, 0.5) is 9.52 Å². The van der Waals surface area contributed by atoms with E-state index in [2.05, 4.69) is 20.8 Å². The van der Waals surface area contributed by atoms with Crippen LogP contribution in [0.25, 0.3) is 0 Å². The van der Waals surface area contributed by atoms with Crippen molar-refractivity contribution in [3.63, 3.8) is 0 Å². The Kier molecular flexibility index (Phi) is 4.74.